The summed E-state index contributed by atoms with van der Waals surface area (Å²) in [5.74, 6) is 2.00. The van der Waals surface area contributed by atoms with Crippen LogP contribution >= 0.6 is 0 Å². The number of hydrogen-bond acceptors (Lipinski definition) is 19. The monoisotopic (exact) mass is 1630 g/mol. The number of pyridine rings is 1. The van der Waals surface area contributed by atoms with Crippen molar-refractivity contribution in [1.29, 1.82) is 0 Å². The molecule has 634 valence electrons. The van der Waals surface area contributed by atoms with Crippen molar-refractivity contribution in [2.24, 2.45) is 0 Å². The molecule has 4 aliphatic rings. The van der Waals surface area contributed by atoms with Gasteiger partial charge in [0.05, 0.1) is 80.2 Å². The maximum absolute atomic E-state index is 6.19. The van der Waals surface area contributed by atoms with Crippen LogP contribution in [0.15, 0.2) is 232 Å². The molecule has 0 spiro atoms. The number of nitrogens with zero attached hydrogens (tertiary/aromatic N) is 19. The highest BCUT2D eigenvalue weighted by molar-refractivity contribution is 5.98. The van der Waals surface area contributed by atoms with Gasteiger partial charge in [-0.15, -0.1) is 0 Å². The summed E-state index contributed by atoms with van der Waals surface area (Å²) in [6, 6.07) is 61.1. The first kappa shape index (κ1) is 94.7. The number of benzene rings is 6. The second-order valence-electron chi connectivity index (χ2n) is 26.1. The quantitative estimate of drug-likeness (QED) is 0.0932. The fourth-order valence-electron chi connectivity index (χ4n) is 14.6. The molecule has 17 aromatic rings. The van der Waals surface area contributed by atoms with Crippen LogP contribution in [0, 0.1) is 20.8 Å². The number of H-pyrrole nitrogens is 2. The molecule has 21 rings (SSSR count). The number of nitrogens with one attached hydrogen (secondary N) is 2. The highest BCUT2D eigenvalue weighted by Gasteiger charge is 2.31. The van der Waals surface area contributed by atoms with Gasteiger partial charge in [-0.25, -0.2) is 63.6 Å². The van der Waals surface area contributed by atoms with E-state index in [1.54, 1.807) is 31.1 Å². The van der Waals surface area contributed by atoms with Gasteiger partial charge in [0.15, 0.2) is 22.6 Å². The third kappa shape index (κ3) is 23.5. The van der Waals surface area contributed by atoms with Gasteiger partial charge in [-0.2, -0.15) is 25.5 Å². The summed E-state index contributed by atoms with van der Waals surface area (Å²) in [4.78, 5) is 44.9. The second-order valence-corrected chi connectivity index (χ2v) is 26.1. The van der Waals surface area contributed by atoms with E-state index in [2.05, 4.69) is 177 Å². The van der Waals surface area contributed by atoms with Crippen molar-refractivity contribution in [1.82, 2.24) is 104 Å². The molecule has 25 heteroatoms. The van der Waals surface area contributed by atoms with E-state index in [4.69, 9.17) is 28.0 Å². The summed E-state index contributed by atoms with van der Waals surface area (Å²) in [6.07, 6.45) is 22.6. The number of aryl methyl sites for hydroxylation is 3. The van der Waals surface area contributed by atoms with E-state index < -0.39 is 0 Å². The summed E-state index contributed by atoms with van der Waals surface area (Å²) in [5, 5.41) is 28.5. The molecule has 0 atom stereocenters. The van der Waals surface area contributed by atoms with E-state index in [1.165, 1.54) is 69.8 Å². The minimum Gasteiger partial charge on any atom is -0.383 e. The van der Waals surface area contributed by atoms with Gasteiger partial charge in [0.2, 0.25) is 0 Å². The van der Waals surface area contributed by atoms with Crippen molar-refractivity contribution in [2.75, 3.05) is 22.9 Å². The first-order valence-electron chi connectivity index (χ1n) is 42.8. The molecule has 0 fully saturated rings. The van der Waals surface area contributed by atoms with E-state index in [-0.39, 0.29) is 6.04 Å². The van der Waals surface area contributed by atoms with E-state index in [1.807, 2.05) is 229 Å². The Morgan fingerprint density at radius 1 is 0.298 bits per heavy atom. The topological polar surface area (TPSA) is 349 Å². The lowest BCUT2D eigenvalue weighted by Crippen LogP contribution is -2.11. The van der Waals surface area contributed by atoms with Crippen LogP contribution in [-0.4, -0.2) is 104 Å². The van der Waals surface area contributed by atoms with Gasteiger partial charge in [0.1, 0.15) is 54.3 Å². The molecule has 0 aliphatic heterocycles. The standard InChI is InChI=1S/C20H17N5.3C15H15N5.C7H6N2.C5H5N.C3H4N2.8C2H6/c21-19-17-18(13-6-2-1-3-7-13)24-25(20(17)23-12-22-19)16-10-14-8-4-5-9-15(14)11-16;3*1-9-13-14(16)17-8-18-15(13)20(19-9)12-6-10-4-2-3-5-11(10)7-12;1-2-4-7-6(3-1)8-5-9-7;1-2-4-6-5-3-1;1-2-4-5-3-1;8*1-2/h1-9,12,16H,10-11H2,(H2,21,22,23);3*2-5,8,12H,6-7H2,1H3,(H2,16,17,18);1-5H,(H,8,9);1-5H;1-3H,(H,4,5);8*1-2H3. The predicted octanol–water partition coefficient (Wildman–Crippen LogP) is 20.8. The summed E-state index contributed by atoms with van der Waals surface area (Å²) in [5.41, 5.74) is 45.3. The Labute approximate surface area is 713 Å². The number of rotatable bonds is 5. The zero-order valence-corrected chi connectivity index (χ0v) is 74.2. The summed E-state index contributed by atoms with van der Waals surface area (Å²) < 4.78 is 8.09. The van der Waals surface area contributed by atoms with Gasteiger partial charge in [-0.1, -0.05) is 256 Å². The SMILES string of the molecule is CC.CC.CC.CC.CC.CC.CC.CC.Cc1nn(C2Cc3ccccc3C2)c2ncnc(N)c12.Cc1nn(C2Cc3ccccc3C2)c2ncnc(N)c12.Cc1nn(C2Cc3ccccc3C2)c2ncnc(N)c12.Nc1ncnc2c1c(-c1ccccc1)nn2C1Cc2ccccc2C1.c1ccc2[nH]cnc2c1.c1ccncc1.c1cn[nH]c1. The average molecular weight is 1630 g/mol. The van der Waals surface area contributed by atoms with Crippen molar-refractivity contribution in [3.63, 3.8) is 0 Å². The maximum atomic E-state index is 6.19. The Morgan fingerprint density at radius 3 is 0.868 bits per heavy atom. The fraction of sp³-hybridized carbons (Fsp3) is 0.323. The third-order valence-electron chi connectivity index (χ3n) is 19.4. The number of imidazole rings is 1. The molecular weight excluding hydrogens is 1500 g/mol. The number of nitrogens with two attached hydrogens (primary N) is 4. The van der Waals surface area contributed by atoms with Crippen molar-refractivity contribution in [3.05, 3.63) is 294 Å². The number of aromatic nitrogens is 21. The van der Waals surface area contributed by atoms with Gasteiger partial charge in [0.25, 0.3) is 0 Å². The first-order chi connectivity index (χ1) is 59.5. The molecule has 0 radical (unpaired) electrons. The van der Waals surface area contributed by atoms with E-state index in [9.17, 15) is 0 Å². The van der Waals surface area contributed by atoms with Crippen LogP contribution in [0.1, 0.15) is 197 Å². The Hall–Kier alpha value is -13.5. The number of fused-ring (bicyclic) bond motifs is 9. The van der Waals surface area contributed by atoms with Crippen LogP contribution in [0.3, 0.4) is 0 Å². The molecule has 121 heavy (non-hydrogen) atoms. The lowest BCUT2D eigenvalue weighted by Gasteiger charge is -2.10. The maximum Gasteiger partial charge on any atom is 0.164 e. The summed E-state index contributed by atoms with van der Waals surface area (Å²) in [7, 11) is 0. The average Bonchev–Trinajstić information content (AvgIpc) is 1.61. The lowest BCUT2D eigenvalue weighted by molar-refractivity contribution is 0.484. The normalized spacial score (nSPS) is 12.2. The molecule has 6 aromatic carbocycles. The minimum atomic E-state index is 0.256. The largest absolute Gasteiger partial charge is 0.383 e. The molecule has 0 unspecified atom stereocenters. The number of aromatic amines is 2. The highest BCUT2D eigenvalue weighted by Crippen LogP contribution is 2.39. The molecule has 0 bridgehead atoms. The van der Waals surface area contributed by atoms with Crippen molar-refractivity contribution in [3.8, 4) is 11.3 Å². The van der Waals surface area contributed by atoms with Crippen molar-refractivity contribution in [2.45, 2.75) is 207 Å². The Bertz CT molecular complexity index is 5310. The molecule has 11 heterocycles. The van der Waals surface area contributed by atoms with Crippen molar-refractivity contribution >= 4 is 78.4 Å². The van der Waals surface area contributed by atoms with Gasteiger partial charge in [-0.3, -0.25) is 10.1 Å². The van der Waals surface area contributed by atoms with Gasteiger partial charge in [0, 0.05) is 30.4 Å². The van der Waals surface area contributed by atoms with Crippen LogP contribution < -0.4 is 22.9 Å². The molecule has 11 aromatic heterocycles. The van der Waals surface area contributed by atoms with E-state index >= 15 is 0 Å². The molecule has 0 saturated carbocycles. The van der Waals surface area contributed by atoms with Crippen LogP contribution in [0.5, 0.6) is 0 Å². The molecule has 25 nitrogen and oxygen atoms in total. The van der Waals surface area contributed by atoms with Gasteiger partial charge >= 0.3 is 0 Å². The smallest absolute Gasteiger partial charge is 0.164 e. The minimum absolute atomic E-state index is 0.256. The van der Waals surface area contributed by atoms with Crippen LogP contribution in [0.2, 0.25) is 0 Å². The van der Waals surface area contributed by atoms with Crippen LogP contribution in [-0.2, 0) is 51.4 Å². The van der Waals surface area contributed by atoms with Crippen LogP contribution in [0.25, 0.3) is 66.4 Å². The Morgan fingerprint density at radius 2 is 0.587 bits per heavy atom. The zero-order valence-electron chi connectivity index (χ0n) is 74.2. The number of nitrogen functional groups attached to an aromatic ring is 4. The first-order valence-corrected chi connectivity index (χ1v) is 42.8. The van der Waals surface area contributed by atoms with Crippen molar-refractivity contribution < 1.29 is 0 Å². The lowest BCUT2D eigenvalue weighted by atomic mass is 10.1. The summed E-state index contributed by atoms with van der Waals surface area (Å²) >= 11 is 0. The second kappa shape index (κ2) is 49.7. The third-order valence-corrected chi connectivity index (χ3v) is 19.4. The Kier molecular flexibility index (Phi) is 38.9. The molecule has 0 amide bonds. The zero-order chi connectivity index (χ0) is 87.8. The predicted molar refractivity (Wildman–Crippen MR) is 500 cm³/mol. The van der Waals surface area contributed by atoms with Crippen LogP contribution in [0.4, 0.5) is 23.3 Å². The number of para-hydroxylation sites is 2. The van der Waals surface area contributed by atoms with E-state index in [0.29, 0.717) is 41.4 Å². The molecular formula is C96H125N25. The number of hydrogen-bond donors (Lipinski definition) is 6. The highest BCUT2D eigenvalue weighted by atomic mass is 15.4. The Balaban J connectivity index is 0.000000196. The molecule has 0 saturated heterocycles. The number of anilines is 4. The summed E-state index contributed by atoms with van der Waals surface area (Å²) in [6.45, 7) is 37.9. The fourth-order valence-corrected chi connectivity index (χ4v) is 14.6. The van der Waals surface area contributed by atoms with E-state index in [0.717, 1.165) is 135 Å². The molecule has 10 N–H and O–H groups in total. The molecule has 4 aliphatic carbocycles. The van der Waals surface area contributed by atoms with Gasteiger partial charge < -0.3 is 27.9 Å². The van der Waals surface area contributed by atoms with Gasteiger partial charge in [-0.05, 0) is 147 Å².